The van der Waals surface area contributed by atoms with Gasteiger partial charge < -0.3 is 19.9 Å². The van der Waals surface area contributed by atoms with Crippen molar-refractivity contribution in [1.29, 1.82) is 5.41 Å². The van der Waals surface area contributed by atoms with Gasteiger partial charge in [-0.15, -0.1) is 0 Å². The van der Waals surface area contributed by atoms with Crippen molar-refractivity contribution >= 4 is 22.9 Å². The molecule has 1 saturated heterocycles. The Balaban J connectivity index is 1.75. The standard InChI is InChI=1S/C23H33N5O3/c1-14-12-17-18(13-15(14)2)28(20(24)19(26-17)21(25)29)11-10-27-8-6-16(7-9-27)22(30)31-23(3,4)5/h12-13,16,24H,6-11H2,1-5H3,(H2,25,29). The molecule has 0 unspecified atom stereocenters. The molecule has 0 bridgehead atoms. The maximum absolute atomic E-state index is 12.3. The van der Waals surface area contributed by atoms with E-state index in [0.29, 0.717) is 18.6 Å². The molecule has 0 saturated carbocycles. The molecule has 3 rings (SSSR count). The fourth-order valence-corrected chi connectivity index (χ4v) is 3.94. The van der Waals surface area contributed by atoms with Gasteiger partial charge in [0.05, 0.1) is 17.0 Å². The SMILES string of the molecule is Cc1cc2nc(C(N)=O)c(=N)n(CCN3CCC(C(=O)OC(C)(C)C)CC3)c2cc1C. The number of benzene rings is 1. The van der Waals surface area contributed by atoms with Crippen LogP contribution in [0.4, 0.5) is 0 Å². The highest BCUT2D eigenvalue weighted by Gasteiger charge is 2.29. The van der Waals surface area contributed by atoms with Gasteiger partial charge in [0.25, 0.3) is 5.91 Å². The normalized spacial score (nSPS) is 15.9. The van der Waals surface area contributed by atoms with E-state index in [0.717, 1.165) is 42.6 Å². The highest BCUT2D eigenvalue weighted by atomic mass is 16.6. The molecule has 1 fully saturated rings. The molecule has 1 aliphatic rings. The van der Waals surface area contributed by atoms with Crippen LogP contribution in [0.1, 0.15) is 55.2 Å². The van der Waals surface area contributed by atoms with Crippen molar-refractivity contribution in [3.05, 3.63) is 34.4 Å². The summed E-state index contributed by atoms with van der Waals surface area (Å²) in [7, 11) is 0. The van der Waals surface area contributed by atoms with Gasteiger partial charge in [-0.25, -0.2) is 4.98 Å². The summed E-state index contributed by atoms with van der Waals surface area (Å²) in [6, 6.07) is 3.94. The zero-order valence-electron chi connectivity index (χ0n) is 19.1. The predicted molar refractivity (Wildman–Crippen MR) is 119 cm³/mol. The van der Waals surface area contributed by atoms with Gasteiger partial charge in [0, 0.05) is 13.1 Å². The minimum Gasteiger partial charge on any atom is -0.460 e. The van der Waals surface area contributed by atoms with Crippen molar-refractivity contribution < 1.29 is 14.3 Å². The van der Waals surface area contributed by atoms with Gasteiger partial charge >= 0.3 is 5.97 Å². The summed E-state index contributed by atoms with van der Waals surface area (Å²) < 4.78 is 7.34. The average Bonchev–Trinajstić information content (AvgIpc) is 2.67. The van der Waals surface area contributed by atoms with Crippen LogP contribution < -0.4 is 11.2 Å². The molecule has 8 heteroatoms. The van der Waals surface area contributed by atoms with E-state index in [1.54, 1.807) is 0 Å². The van der Waals surface area contributed by atoms with E-state index in [1.165, 1.54) is 0 Å². The number of piperidine rings is 1. The first-order chi connectivity index (χ1) is 14.5. The molecule has 0 spiro atoms. The number of aromatic nitrogens is 2. The number of nitrogens with one attached hydrogen (secondary N) is 1. The number of hydrogen-bond acceptors (Lipinski definition) is 6. The van der Waals surface area contributed by atoms with Crippen LogP contribution in [0, 0.1) is 25.2 Å². The Morgan fingerprint density at radius 1 is 1.16 bits per heavy atom. The first-order valence-electron chi connectivity index (χ1n) is 10.8. The van der Waals surface area contributed by atoms with E-state index >= 15 is 0 Å². The summed E-state index contributed by atoms with van der Waals surface area (Å²) in [6.45, 7) is 12.5. The Hall–Kier alpha value is -2.74. The minimum absolute atomic E-state index is 0.0145. The van der Waals surface area contributed by atoms with Gasteiger partial charge in [-0.1, -0.05) is 0 Å². The second kappa shape index (κ2) is 8.78. The Bertz CT molecular complexity index is 1060. The van der Waals surface area contributed by atoms with Gasteiger partial charge in [-0.2, -0.15) is 0 Å². The second-order valence-corrected chi connectivity index (χ2v) is 9.40. The van der Waals surface area contributed by atoms with Gasteiger partial charge in [-0.05, 0) is 83.8 Å². The Kier molecular flexibility index (Phi) is 6.50. The zero-order chi connectivity index (χ0) is 22.9. The van der Waals surface area contributed by atoms with Crippen LogP contribution in [0.25, 0.3) is 11.0 Å². The van der Waals surface area contributed by atoms with E-state index in [-0.39, 0.29) is 23.1 Å². The lowest BCUT2D eigenvalue weighted by molar-refractivity contribution is -0.161. The second-order valence-electron chi connectivity index (χ2n) is 9.40. The number of amides is 1. The van der Waals surface area contributed by atoms with Crippen molar-refractivity contribution in [2.24, 2.45) is 11.7 Å². The number of fused-ring (bicyclic) bond motifs is 1. The zero-order valence-corrected chi connectivity index (χ0v) is 19.1. The number of esters is 1. The topological polar surface area (TPSA) is 114 Å². The predicted octanol–water partition coefficient (Wildman–Crippen LogP) is 2.29. The smallest absolute Gasteiger partial charge is 0.309 e. The van der Waals surface area contributed by atoms with Gasteiger partial charge in [-0.3, -0.25) is 15.0 Å². The number of hydrogen-bond donors (Lipinski definition) is 2. The van der Waals surface area contributed by atoms with Crippen molar-refractivity contribution in [3.8, 4) is 0 Å². The number of carbonyl (C=O) groups is 2. The Labute approximate surface area is 182 Å². The van der Waals surface area contributed by atoms with Crippen molar-refractivity contribution in [2.45, 2.75) is 59.6 Å². The van der Waals surface area contributed by atoms with Crippen LogP contribution in [-0.4, -0.2) is 51.6 Å². The summed E-state index contributed by atoms with van der Waals surface area (Å²) in [5, 5.41) is 8.49. The monoisotopic (exact) mass is 427 g/mol. The van der Waals surface area contributed by atoms with Crippen LogP contribution in [0.15, 0.2) is 12.1 Å². The molecule has 0 radical (unpaired) electrons. The van der Waals surface area contributed by atoms with Crippen LogP contribution in [0.3, 0.4) is 0 Å². The Morgan fingerprint density at radius 2 is 1.77 bits per heavy atom. The minimum atomic E-state index is -0.697. The van der Waals surface area contributed by atoms with E-state index in [1.807, 2.05) is 51.3 Å². The third-order valence-electron chi connectivity index (χ3n) is 5.81. The van der Waals surface area contributed by atoms with Gasteiger partial charge in [0.2, 0.25) is 0 Å². The molecule has 0 atom stereocenters. The number of aryl methyl sites for hydroxylation is 2. The molecule has 3 N–H and O–H groups in total. The van der Waals surface area contributed by atoms with E-state index in [2.05, 4.69) is 9.88 Å². The summed E-state index contributed by atoms with van der Waals surface area (Å²) in [5.41, 5.74) is 8.70. The number of rotatable bonds is 5. The molecule has 168 valence electrons. The summed E-state index contributed by atoms with van der Waals surface area (Å²) in [6.07, 6.45) is 1.52. The average molecular weight is 428 g/mol. The molecule has 2 aromatic rings. The summed E-state index contributed by atoms with van der Waals surface area (Å²) in [4.78, 5) is 30.8. The lowest BCUT2D eigenvalue weighted by Crippen LogP contribution is -2.41. The molecule has 1 aliphatic heterocycles. The number of primary amides is 1. The lowest BCUT2D eigenvalue weighted by atomic mass is 9.96. The number of carbonyl (C=O) groups excluding carboxylic acids is 2. The molecule has 1 aromatic heterocycles. The fraction of sp³-hybridized carbons (Fsp3) is 0.565. The maximum atomic E-state index is 12.3. The van der Waals surface area contributed by atoms with E-state index in [4.69, 9.17) is 15.9 Å². The quantitative estimate of drug-likeness (QED) is 0.711. The Morgan fingerprint density at radius 3 is 2.35 bits per heavy atom. The van der Waals surface area contributed by atoms with E-state index in [9.17, 15) is 9.59 Å². The number of nitrogens with zero attached hydrogens (tertiary/aromatic N) is 3. The molecule has 1 aromatic carbocycles. The van der Waals surface area contributed by atoms with Crippen LogP contribution in [-0.2, 0) is 16.1 Å². The largest absolute Gasteiger partial charge is 0.460 e. The van der Waals surface area contributed by atoms with Crippen LogP contribution in [0.2, 0.25) is 0 Å². The number of likely N-dealkylation sites (tertiary alicyclic amines) is 1. The first kappa shape index (κ1) is 22.9. The number of ether oxygens (including phenoxy) is 1. The number of nitrogens with two attached hydrogens (primary N) is 1. The molecule has 31 heavy (non-hydrogen) atoms. The lowest BCUT2D eigenvalue weighted by Gasteiger charge is -2.32. The van der Waals surface area contributed by atoms with Crippen molar-refractivity contribution in [2.75, 3.05) is 19.6 Å². The van der Waals surface area contributed by atoms with Crippen LogP contribution >= 0.6 is 0 Å². The van der Waals surface area contributed by atoms with Crippen LogP contribution in [0.5, 0.6) is 0 Å². The molecule has 0 aliphatic carbocycles. The highest BCUT2D eigenvalue weighted by Crippen LogP contribution is 2.22. The summed E-state index contributed by atoms with van der Waals surface area (Å²) in [5.74, 6) is -0.882. The molecular weight excluding hydrogens is 394 g/mol. The maximum Gasteiger partial charge on any atom is 0.309 e. The molecular formula is C23H33N5O3. The van der Waals surface area contributed by atoms with Crippen molar-refractivity contribution in [1.82, 2.24) is 14.5 Å². The van der Waals surface area contributed by atoms with E-state index < -0.39 is 11.5 Å². The summed E-state index contributed by atoms with van der Waals surface area (Å²) >= 11 is 0. The van der Waals surface area contributed by atoms with Gasteiger partial charge in [0.1, 0.15) is 5.60 Å². The molecule has 1 amide bonds. The highest BCUT2D eigenvalue weighted by molar-refractivity contribution is 5.92. The fourth-order valence-electron chi connectivity index (χ4n) is 3.94. The first-order valence-corrected chi connectivity index (χ1v) is 10.8. The molecule has 8 nitrogen and oxygen atoms in total. The third-order valence-corrected chi connectivity index (χ3v) is 5.81. The van der Waals surface area contributed by atoms with Crippen molar-refractivity contribution in [3.63, 3.8) is 0 Å². The third kappa shape index (κ3) is 5.31. The molecule has 2 heterocycles. The van der Waals surface area contributed by atoms with Gasteiger partial charge in [0.15, 0.2) is 11.2 Å².